The van der Waals surface area contributed by atoms with E-state index < -0.39 is 11.8 Å². The van der Waals surface area contributed by atoms with Crippen LogP contribution in [0.15, 0.2) is 42.5 Å². The lowest BCUT2D eigenvalue weighted by Gasteiger charge is -2.19. The van der Waals surface area contributed by atoms with Crippen molar-refractivity contribution >= 4 is 39.1 Å². The van der Waals surface area contributed by atoms with Crippen LogP contribution in [0.2, 0.25) is 0 Å². The summed E-state index contributed by atoms with van der Waals surface area (Å²) in [4.78, 5) is 31.0. The van der Waals surface area contributed by atoms with Gasteiger partial charge in [0.2, 0.25) is 0 Å². The highest BCUT2D eigenvalue weighted by Gasteiger charge is 2.22. The van der Waals surface area contributed by atoms with Gasteiger partial charge in [0.1, 0.15) is 5.01 Å². The summed E-state index contributed by atoms with van der Waals surface area (Å²) < 4.78 is 1.16. The molecule has 1 fully saturated rings. The van der Waals surface area contributed by atoms with Crippen molar-refractivity contribution in [2.24, 2.45) is 0 Å². The van der Waals surface area contributed by atoms with Gasteiger partial charge in [-0.15, -0.1) is 11.3 Å². The van der Waals surface area contributed by atoms with Crippen molar-refractivity contribution in [1.82, 2.24) is 9.88 Å². The Kier molecular flexibility index (Phi) is 5.39. The Morgan fingerprint density at radius 3 is 2.43 bits per heavy atom. The minimum atomic E-state index is -0.565. The van der Waals surface area contributed by atoms with Gasteiger partial charge < -0.3 is 10.2 Å². The van der Waals surface area contributed by atoms with E-state index >= 15 is 0 Å². The summed E-state index contributed by atoms with van der Waals surface area (Å²) in [6.07, 6.45) is 4.18. The lowest BCUT2D eigenvalue weighted by molar-refractivity contribution is -0.143. The van der Waals surface area contributed by atoms with E-state index in [0.717, 1.165) is 46.5 Å². The van der Waals surface area contributed by atoms with Crippen LogP contribution in [-0.2, 0) is 9.59 Å². The average molecular weight is 394 g/mol. The second-order valence-electron chi connectivity index (χ2n) is 7.23. The molecule has 2 aromatic carbocycles. The molecule has 1 saturated heterocycles. The number of thiazole rings is 1. The zero-order chi connectivity index (χ0) is 19.5. The van der Waals surface area contributed by atoms with Gasteiger partial charge in [-0.1, -0.05) is 18.9 Å². The number of carbonyl (C=O) groups excluding carboxylic acids is 2. The number of rotatable bonds is 2. The van der Waals surface area contributed by atoms with E-state index in [9.17, 15) is 9.59 Å². The third-order valence-electron chi connectivity index (χ3n) is 5.02. The van der Waals surface area contributed by atoms with Gasteiger partial charge in [0.15, 0.2) is 0 Å². The van der Waals surface area contributed by atoms with Crippen LogP contribution in [0.4, 0.5) is 5.69 Å². The molecule has 144 valence electrons. The maximum absolute atomic E-state index is 12.4. The first kappa shape index (κ1) is 18.6. The van der Waals surface area contributed by atoms with Crippen LogP contribution in [0, 0.1) is 6.92 Å². The molecule has 5 nitrogen and oxygen atoms in total. The average Bonchev–Trinajstić information content (AvgIpc) is 2.93. The Bertz CT molecular complexity index is 1000. The van der Waals surface area contributed by atoms with Crippen LogP contribution >= 0.6 is 11.3 Å². The van der Waals surface area contributed by atoms with E-state index in [4.69, 9.17) is 0 Å². The lowest BCUT2D eigenvalue weighted by atomic mass is 10.2. The Morgan fingerprint density at radius 2 is 1.71 bits per heavy atom. The first-order chi connectivity index (χ1) is 13.6. The van der Waals surface area contributed by atoms with Crippen LogP contribution in [-0.4, -0.2) is 34.8 Å². The molecule has 2 heterocycles. The predicted octanol–water partition coefficient (Wildman–Crippen LogP) is 4.61. The summed E-state index contributed by atoms with van der Waals surface area (Å²) in [5.41, 5.74) is 3.82. The van der Waals surface area contributed by atoms with Gasteiger partial charge >= 0.3 is 11.8 Å². The topological polar surface area (TPSA) is 62.3 Å². The maximum Gasteiger partial charge on any atom is 0.313 e. The van der Waals surface area contributed by atoms with E-state index in [1.165, 1.54) is 5.56 Å². The molecule has 0 spiro atoms. The fraction of sp³-hybridized carbons (Fsp3) is 0.318. The monoisotopic (exact) mass is 393 g/mol. The summed E-state index contributed by atoms with van der Waals surface area (Å²) in [6, 6.07) is 13.7. The van der Waals surface area contributed by atoms with Crippen molar-refractivity contribution in [2.45, 2.75) is 32.6 Å². The van der Waals surface area contributed by atoms with Crippen molar-refractivity contribution in [3.8, 4) is 10.6 Å². The van der Waals surface area contributed by atoms with Crippen molar-refractivity contribution in [3.05, 3.63) is 48.0 Å². The van der Waals surface area contributed by atoms with Crippen LogP contribution < -0.4 is 5.32 Å². The second kappa shape index (κ2) is 8.10. The number of carbonyl (C=O) groups is 2. The molecule has 3 aromatic rings. The number of hydrogen-bond donors (Lipinski definition) is 1. The second-order valence-corrected chi connectivity index (χ2v) is 8.26. The number of amides is 2. The molecule has 1 aliphatic heterocycles. The van der Waals surface area contributed by atoms with E-state index in [-0.39, 0.29) is 0 Å². The Balaban J connectivity index is 1.45. The summed E-state index contributed by atoms with van der Waals surface area (Å²) in [5.74, 6) is -1.00. The summed E-state index contributed by atoms with van der Waals surface area (Å²) in [5, 5.41) is 3.67. The zero-order valence-electron chi connectivity index (χ0n) is 15.9. The Hall–Kier alpha value is -2.73. The van der Waals surface area contributed by atoms with Crippen LogP contribution in [0.5, 0.6) is 0 Å². The Morgan fingerprint density at radius 1 is 1.00 bits per heavy atom. The number of anilines is 1. The third-order valence-corrected chi connectivity index (χ3v) is 6.09. The molecule has 2 amide bonds. The van der Waals surface area contributed by atoms with Gasteiger partial charge in [0.25, 0.3) is 0 Å². The fourth-order valence-electron chi connectivity index (χ4n) is 3.45. The van der Waals surface area contributed by atoms with Crippen LogP contribution in [0.25, 0.3) is 20.8 Å². The molecule has 4 rings (SSSR count). The Labute approximate surface area is 168 Å². The first-order valence-corrected chi connectivity index (χ1v) is 10.5. The molecule has 1 aliphatic rings. The predicted molar refractivity (Wildman–Crippen MR) is 113 cm³/mol. The number of likely N-dealkylation sites (tertiary alicyclic amines) is 1. The molecule has 0 unspecified atom stereocenters. The molecule has 1 aromatic heterocycles. The number of nitrogens with zero attached hydrogens (tertiary/aromatic N) is 2. The highest BCUT2D eigenvalue weighted by atomic mass is 32.1. The molecule has 0 saturated carbocycles. The van der Waals surface area contributed by atoms with Crippen molar-refractivity contribution in [2.75, 3.05) is 18.4 Å². The molecule has 0 atom stereocenters. The summed E-state index contributed by atoms with van der Waals surface area (Å²) in [7, 11) is 0. The molecule has 6 heteroatoms. The maximum atomic E-state index is 12.4. The quantitative estimate of drug-likeness (QED) is 0.647. The van der Waals surface area contributed by atoms with Gasteiger partial charge in [-0.2, -0.15) is 0 Å². The number of benzene rings is 2. The van der Waals surface area contributed by atoms with E-state index in [2.05, 4.69) is 29.4 Å². The van der Waals surface area contributed by atoms with Crippen LogP contribution in [0.3, 0.4) is 0 Å². The molecule has 0 radical (unpaired) electrons. The van der Waals surface area contributed by atoms with Gasteiger partial charge in [-0.25, -0.2) is 4.98 Å². The third kappa shape index (κ3) is 4.07. The number of aromatic nitrogens is 1. The molecule has 28 heavy (non-hydrogen) atoms. The number of aryl methyl sites for hydroxylation is 1. The number of fused-ring (bicyclic) bond motifs is 1. The van der Waals surface area contributed by atoms with Crippen LogP contribution in [0.1, 0.15) is 31.2 Å². The van der Waals surface area contributed by atoms with Crippen molar-refractivity contribution in [1.29, 1.82) is 0 Å². The standard InChI is InChI=1S/C22H23N3O2S/c1-15-6-11-18-19(14-15)28-21(24-18)16-7-9-17(10-8-16)23-20(26)22(27)25-12-4-2-3-5-13-25/h6-11,14H,2-5,12-13H2,1H3,(H,23,26). The zero-order valence-corrected chi connectivity index (χ0v) is 16.7. The summed E-state index contributed by atoms with van der Waals surface area (Å²) in [6.45, 7) is 3.41. The van der Waals surface area contributed by atoms with Gasteiger partial charge in [-0.05, 0) is 61.7 Å². The SMILES string of the molecule is Cc1ccc2nc(-c3ccc(NC(=O)C(=O)N4CCCCCC4)cc3)sc2c1. The number of nitrogens with one attached hydrogen (secondary N) is 1. The molecular weight excluding hydrogens is 370 g/mol. The van der Waals surface area contributed by atoms with Gasteiger partial charge in [0, 0.05) is 24.3 Å². The molecular formula is C22H23N3O2S. The minimum absolute atomic E-state index is 0.437. The van der Waals surface area contributed by atoms with E-state index in [1.807, 2.05) is 30.3 Å². The minimum Gasteiger partial charge on any atom is -0.334 e. The summed E-state index contributed by atoms with van der Waals surface area (Å²) >= 11 is 1.65. The van der Waals surface area contributed by atoms with Crippen molar-refractivity contribution in [3.63, 3.8) is 0 Å². The van der Waals surface area contributed by atoms with Gasteiger partial charge in [0.05, 0.1) is 10.2 Å². The molecule has 0 aliphatic carbocycles. The molecule has 0 bridgehead atoms. The first-order valence-electron chi connectivity index (χ1n) is 9.68. The van der Waals surface area contributed by atoms with Crippen molar-refractivity contribution < 1.29 is 9.59 Å². The molecule has 1 N–H and O–H groups in total. The normalized spacial score (nSPS) is 14.7. The highest BCUT2D eigenvalue weighted by Crippen LogP contribution is 2.31. The lowest BCUT2D eigenvalue weighted by Crippen LogP contribution is -2.40. The van der Waals surface area contributed by atoms with E-state index in [1.54, 1.807) is 16.2 Å². The van der Waals surface area contributed by atoms with Gasteiger partial charge in [-0.3, -0.25) is 9.59 Å². The largest absolute Gasteiger partial charge is 0.334 e. The fourth-order valence-corrected chi connectivity index (χ4v) is 4.52. The van der Waals surface area contributed by atoms with E-state index in [0.29, 0.717) is 18.8 Å². The number of hydrogen-bond acceptors (Lipinski definition) is 4. The highest BCUT2D eigenvalue weighted by molar-refractivity contribution is 7.21. The smallest absolute Gasteiger partial charge is 0.313 e.